The minimum atomic E-state index is 0.0991. The summed E-state index contributed by atoms with van der Waals surface area (Å²) in [5.74, 6) is 2.48. The third-order valence-corrected chi connectivity index (χ3v) is 5.37. The van der Waals surface area contributed by atoms with Crippen LogP contribution >= 0.6 is 11.8 Å². The first-order valence-corrected chi connectivity index (χ1v) is 9.84. The van der Waals surface area contributed by atoms with Crippen LogP contribution in [0.1, 0.15) is 37.6 Å². The molecule has 0 unspecified atom stereocenters. The highest BCUT2D eigenvalue weighted by Gasteiger charge is 2.19. The van der Waals surface area contributed by atoms with E-state index in [2.05, 4.69) is 65.5 Å². The van der Waals surface area contributed by atoms with E-state index >= 15 is 0 Å². The Morgan fingerprint density at radius 3 is 2.50 bits per heavy atom. The van der Waals surface area contributed by atoms with E-state index in [1.54, 1.807) is 0 Å². The molecule has 2 aromatic rings. The number of hydrogen-bond donors (Lipinski definition) is 2. The van der Waals surface area contributed by atoms with Crippen LogP contribution in [0.3, 0.4) is 0 Å². The van der Waals surface area contributed by atoms with Crippen molar-refractivity contribution in [2.45, 2.75) is 39.3 Å². The van der Waals surface area contributed by atoms with E-state index in [9.17, 15) is 0 Å². The summed E-state index contributed by atoms with van der Waals surface area (Å²) in [7, 11) is 0. The molecule has 1 aliphatic heterocycles. The molecular weight excluding hydrogens is 316 g/mol. The largest absolute Gasteiger partial charge is 0.370 e. The Morgan fingerprint density at radius 2 is 1.83 bits per heavy atom. The van der Waals surface area contributed by atoms with Gasteiger partial charge in [0.15, 0.2) is 0 Å². The van der Waals surface area contributed by atoms with Crippen LogP contribution in [-0.2, 0) is 18.5 Å². The van der Waals surface area contributed by atoms with Crippen LogP contribution in [0.5, 0.6) is 0 Å². The van der Waals surface area contributed by atoms with E-state index in [-0.39, 0.29) is 5.41 Å². The third kappa shape index (κ3) is 4.33. The van der Waals surface area contributed by atoms with Crippen molar-refractivity contribution in [3.8, 4) is 0 Å². The van der Waals surface area contributed by atoms with Gasteiger partial charge in [-0.1, -0.05) is 32.9 Å². The van der Waals surface area contributed by atoms with Gasteiger partial charge in [0.2, 0.25) is 0 Å². The Bertz CT molecular complexity index is 636. The molecule has 0 saturated carbocycles. The fraction of sp³-hybridized carbons (Fsp3) is 0.526. The minimum absolute atomic E-state index is 0.0991. The predicted molar refractivity (Wildman–Crippen MR) is 104 cm³/mol. The summed E-state index contributed by atoms with van der Waals surface area (Å²) in [6, 6.07) is 8.99. The van der Waals surface area contributed by atoms with Crippen molar-refractivity contribution in [1.82, 2.24) is 15.5 Å². The second-order valence-corrected chi connectivity index (χ2v) is 8.61. The fourth-order valence-electron chi connectivity index (χ4n) is 3.08. The number of thioether (sulfide) groups is 1. The third-order valence-electron chi connectivity index (χ3n) is 4.43. The van der Waals surface area contributed by atoms with Crippen LogP contribution in [0.2, 0.25) is 0 Å². The predicted octanol–water partition coefficient (Wildman–Crippen LogP) is 3.55. The van der Waals surface area contributed by atoms with Gasteiger partial charge in [-0.05, 0) is 17.7 Å². The molecule has 0 bridgehead atoms. The van der Waals surface area contributed by atoms with Gasteiger partial charge in [0.05, 0.1) is 6.20 Å². The van der Waals surface area contributed by atoms with E-state index in [4.69, 9.17) is 0 Å². The average Bonchev–Trinajstić information content (AvgIpc) is 3.05. The second-order valence-electron chi connectivity index (χ2n) is 7.39. The van der Waals surface area contributed by atoms with Gasteiger partial charge < -0.3 is 10.2 Å². The highest BCUT2D eigenvalue weighted by atomic mass is 32.2. The standard InChI is InChI=1S/C19H28N4S/c1-19(2,3)18-16(14-21-22-18)13-20-12-15-4-6-17(7-5-15)23-8-10-24-11-9-23/h4-7,14,20H,8-13H2,1-3H3,(H,21,22). The maximum absolute atomic E-state index is 4.21. The van der Waals surface area contributed by atoms with Gasteiger partial charge in [-0.25, -0.2) is 0 Å². The van der Waals surface area contributed by atoms with Gasteiger partial charge in [0.25, 0.3) is 0 Å². The van der Waals surface area contributed by atoms with Crippen LogP contribution in [0, 0.1) is 0 Å². The zero-order chi connectivity index (χ0) is 17.0. The second kappa shape index (κ2) is 7.62. The Labute approximate surface area is 149 Å². The number of anilines is 1. The summed E-state index contributed by atoms with van der Waals surface area (Å²) in [5, 5.41) is 10.9. The van der Waals surface area contributed by atoms with Crippen molar-refractivity contribution < 1.29 is 0 Å². The van der Waals surface area contributed by atoms with Crippen molar-refractivity contribution in [2.24, 2.45) is 0 Å². The van der Waals surface area contributed by atoms with Crippen LogP contribution in [-0.4, -0.2) is 34.8 Å². The number of H-pyrrole nitrogens is 1. The van der Waals surface area contributed by atoms with Gasteiger partial charge in [-0.15, -0.1) is 0 Å². The molecule has 3 rings (SSSR count). The van der Waals surface area contributed by atoms with E-state index in [0.717, 1.165) is 13.1 Å². The molecular formula is C19H28N4S. The summed E-state index contributed by atoms with van der Waals surface area (Å²) < 4.78 is 0. The average molecular weight is 345 g/mol. The van der Waals surface area contributed by atoms with Crippen LogP contribution in [0.4, 0.5) is 5.69 Å². The zero-order valence-corrected chi connectivity index (χ0v) is 15.7. The van der Waals surface area contributed by atoms with Crippen LogP contribution < -0.4 is 10.2 Å². The van der Waals surface area contributed by atoms with Crippen molar-refractivity contribution >= 4 is 17.4 Å². The molecule has 1 aliphatic rings. The Balaban J connectivity index is 1.53. The monoisotopic (exact) mass is 344 g/mol. The highest BCUT2D eigenvalue weighted by Crippen LogP contribution is 2.23. The normalized spacial score (nSPS) is 15.7. The van der Waals surface area contributed by atoms with Crippen molar-refractivity contribution in [3.05, 3.63) is 47.3 Å². The number of nitrogens with one attached hydrogen (secondary N) is 2. The Morgan fingerprint density at radius 1 is 1.12 bits per heavy atom. The van der Waals surface area contributed by atoms with Crippen molar-refractivity contribution in [2.75, 3.05) is 29.5 Å². The Hall–Kier alpha value is -1.46. The fourth-order valence-corrected chi connectivity index (χ4v) is 3.99. The maximum Gasteiger partial charge on any atom is 0.0535 e. The first-order valence-electron chi connectivity index (χ1n) is 8.69. The highest BCUT2D eigenvalue weighted by molar-refractivity contribution is 7.99. The first kappa shape index (κ1) is 17.4. The lowest BCUT2D eigenvalue weighted by Gasteiger charge is -2.28. The molecule has 1 aromatic carbocycles. The smallest absolute Gasteiger partial charge is 0.0535 e. The molecule has 0 spiro atoms. The van der Waals surface area contributed by atoms with Gasteiger partial charge in [-0.2, -0.15) is 16.9 Å². The summed E-state index contributed by atoms with van der Waals surface area (Å²) in [6.45, 7) is 10.7. The van der Waals surface area contributed by atoms with Crippen LogP contribution in [0.25, 0.3) is 0 Å². The number of benzene rings is 1. The lowest BCUT2D eigenvalue weighted by molar-refractivity contribution is 0.553. The summed E-state index contributed by atoms with van der Waals surface area (Å²) in [5.41, 5.74) is 5.25. The molecule has 0 amide bonds. The molecule has 24 heavy (non-hydrogen) atoms. The molecule has 0 atom stereocenters. The van der Waals surface area contributed by atoms with Crippen molar-refractivity contribution in [1.29, 1.82) is 0 Å². The number of nitrogens with zero attached hydrogens (tertiary/aromatic N) is 2. The molecule has 130 valence electrons. The van der Waals surface area contributed by atoms with E-state index < -0.39 is 0 Å². The molecule has 2 N–H and O–H groups in total. The van der Waals surface area contributed by atoms with Gasteiger partial charge >= 0.3 is 0 Å². The van der Waals surface area contributed by atoms with Gasteiger partial charge in [-0.3, -0.25) is 5.10 Å². The summed E-state index contributed by atoms with van der Waals surface area (Å²) in [4.78, 5) is 2.48. The van der Waals surface area contributed by atoms with E-state index in [1.165, 1.54) is 47.1 Å². The number of aromatic amines is 1. The zero-order valence-electron chi connectivity index (χ0n) is 14.9. The molecule has 2 heterocycles. The quantitative estimate of drug-likeness (QED) is 0.871. The minimum Gasteiger partial charge on any atom is -0.370 e. The van der Waals surface area contributed by atoms with Gasteiger partial charge in [0, 0.05) is 60.0 Å². The SMILES string of the molecule is CC(C)(C)c1[nH]ncc1CNCc1ccc(N2CCSCC2)cc1. The first-order chi connectivity index (χ1) is 11.5. The number of rotatable bonds is 5. The topological polar surface area (TPSA) is 44.0 Å². The Kier molecular flexibility index (Phi) is 5.51. The summed E-state index contributed by atoms with van der Waals surface area (Å²) >= 11 is 2.05. The molecule has 1 saturated heterocycles. The maximum atomic E-state index is 4.21. The van der Waals surface area contributed by atoms with E-state index in [1.807, 2.05) is 18.0 Å². The molecule has 0 aliphatic carbocycles. The number of hydrogen-bond acceptors (Lipinski definition) is 4. The van der Waals surface area contributed by atoms with E-state index in [0.29, 0.717) is 0 Å². The number of aromatic nitrogens is 2. The van der Waals surface area contributed by atoms with Crippen LogP contribution in [0.15, 0.2) is 30.5 Å². The molecule has 4 nitrogen and oxygen atoms in total. The molecule has 1 fully saturated rings. The molecule has 1 aromatic heterocycles. The molecule has 0 radical (unpaired) electrons. The van der Waals surface area contributed by atoms with Gasteiger partial charge in [0.1, 0.15) is 0 Å². The summed E-state index contributed by atoms with van der Waals surface area (Å²) in [6.07, 6.45) is 1.94. The molecule has 5 heteroatoms. The lowest BCUT2D eigenvalue weighted by atomic mass is 9.89. The van der Waals surface area contributed by atoms with Crippen molar-refractivity contribution in [3.63, 3.8) is 0 Å². The lowest BCUT2D eigenvalue weighted by Crippen LogP contribution is -2.32.